The quantitative estimate of drug-likeness (QED) is 0.483. The molecule has 0 aromatic heterocycles. The van der Waals surface area contributed by atoms with Crippen LogP contribution in [-0.2, 0) is 0 Å². The molecular formula is C21H16BrClN2. The van der Waals surface area contributed by atoms with Crippen molar-refractivity contribution in [2.45, 2.75) is 12.5 Å². The van der Waals surface area contributed by atoms with Crippen LogP contribution in [0.3, 0.4) is 0 Å². The number of hydrogen-bond donors (Lipinski definition) is 0. The van der Waals surface area contributed by atoms with E-state index in [9.17, 15) is 0 Å². The molecule has 0 saturated heterocycles. The fourth-order valence-corrected chi connectivity index (χ4v) is 3.57. The maximum atomic E-state index is 6.21. The molecule has 4 heteroatoms. The van der Waals surface area contributed by atoms with Crippen LogP contribution in [-0.4, -0.2) is 5.71 Å². The number of hydrazone groups is 1. The molecule has 4 rings (SSSR count). The zero-order valence-corrected chi connectivity index (χ0v) is 15.8. The average molecular weight is 412 g/mol. The predicted octanol–water partition coefficient (Wildman–Crippen LogP) is 6.46. The van der Waals surface area contributed by atoms with E-state index in [0.29, 0.717) is 0 Å². The smallest absolute Gasteiger partial charge is 0.0831 e. The van der Waals surface area contributed by atoms with E-state index in [1.54, 1.807) is 0 Å². The fraction of sp³-hybridized carbons (Fsp3) is 0.0952. The van der Waals surface area contributed by atoms with Crippen LogP contribution in [0.25, 0.3) is 0 Å². The van der Waals surface area contributed by atoms with Crippen LogP contribution in [0.15, 0.2) is 88.4 Å². The zero-order valence-electron chi connectivity index (χ0n) is 13.4. The summed E-state index contributed by atoms with van der Waals surface area (Å²) in [5, 5.41) is 7.73. The van der Waals surface area contributed by atoms with Crippen molar-refractivity contribution in [3.63, 3.8) is 0 Å². The van der Waals surface area contributed by atoms with Gasteiger partial charge in [-0.3, -0.25) is 5.01 Å². The molecule has 0 saturated carbocycles. The molecule has 0 spiro atoms. The van der Waals surface area contributed by atoms with Gasteiger partial charge in [-0.1, -0.05) is 76.1 Å². The molecule has 0 bridgehead atoms. The van der Waals surface area contributed by atoms with Gasteiger partial charge in [0, 0.05) is 15.9 Å². The van der Waals surface area contributed by atoms with Crippen molar-refractivity contribution in [3.8, 4) is 0 Å². The van der Waals surface area contributed by atoms with Crippen LogP contribution in [0.2, 0.25) is 5.02 Å². The van der Waals surface area contributed by atoms with Crippen molar-refractivity contribution in [2.24, 2.45) is 5.10 Å². The molecule has 0 aliphatic carbocycles. The molecule has 1 unspecified atom stereocenters. The molecule has 3 aromatic rings. The molecule has 1 heterocycles. The third-order valence-electron chi connectivity index (χ3n) is 4.34. The summed E-state index contributed by atoms with van der Waals surface area (Å²) in [5.74, 6) is 0. The number of halogens is 2. The predicted molar refractivity (Wildman–Crippen MR) is 108 cm³/mol. The van der Waals surface area contributed by atoms with Crippen LogP contribution < -0.4 is 5.01 Å². The van der Waals surface area contributed by atoms with Crippen molar-refractivity contribution in [2.75, 3.05) is 5.01 Å². The molecule has 1 aliphatic rings. The molecule has 0 fully saturated rings. The highest BCUT2D eigenvalue weighted by molar-refractivity contribution is 9.10. The molecule has 1 aliphatic heterocycles. The summed E-state index contributed by atoms with van der Waals surface area (Å²) in [6.07, 6.45) is 0.859. The summed E-state index contributed by atoms with van der Waals surface area (Å²) in [4.78, 5) is 0. The van der Waals surface area contributed by atoms with E-state index in [-0.39, 0.29) is 6.04 Å². The lowest BCUT2D eigenvalue weighted by atomic mass is 9.98. The number of benzene rings is 3. The SMILES string of the molecule is Clc1cccc(N2N=C(c3ccccc3)CC2c2ccc(Br)cc2)c1. The first kappa shape index (κ1) is 16.4. The van der Waals surface area contributed by atoms with Gasteiger partial charge in [0.05, 0.1) is 17.4 Å². The van der Waals surface area contributed by atoms with Crippen LogP contribution in [0, 0.1) is 0 Å². The molecule has 2 nitrogen and oxygen atoms in total. The molecule has 25 heavy (non-hydrogen) atoms. The standard InChI is InChI=1S/C21H16BrClN2/c22-17-11-9-16(10-12-17)21-14-20(15-5-2-1-3-6-15)24-25(21)19-8-4-7-18(23)13-19/h1-13,21H,14H2. The minimum Gasteiger partial charge on any atom is -0.257 e. The topological polar surface area (TPSA) is 15.6 Å². The van der Waals surface area contributed by atoms with E-state index in [1.807, 2.05) is 24.3 Å². The van der Waals surface area contributed by atoms with E-state index in [4.69, 9.17) is 16.7 Å². The maximum Gasteiger partial charge on any atom is 0.0831 e. The minimum atomic E-state index is 0.154. The molecule has 3 aromatic carbocycles. The van der Waals surface area contributed by atoms with Gasteiger partial charge in [-0.25, -0.2) is 0 Å². The Bertz CT molecular complexity index is 907. The van der Waals surface area contributed by atoms with Gasteiger partial charge in [-0.05, 0) is 41.5 Å². The van der Waals surface area contributed by atoms with Crippen molar-refractivity contribution in [3.05, 3.63) is 99.5 Å². The molecular weight excluding hydrogens is 396 g/mol. The van der Waals surface area contributed by atoms with Crippen molar-refractivity contribution in [1.82, 2.24) is 0 Å². The summed E-state index contributed by atoms with van der Waals surface area (Å²) in [6.45, 7) is 0. The second-order valence-corrected chi connectivity index (χ2v) is 7.36. The second kappa shape index (κ2) is 7.03. The highest BCUT2D eigenvalue weighted by Crippen LogP contribution is 2.37. The highest BCUT2D eigenvalue weighted by Gasteiger charge is 2.29. The van der Waals surface area contributed by atoms with Crippen molar-refractivity contribution in [1.29, 1.82) is 0 Å². The minimum absolute atomic E-state index is 0.154. The highest BCUT2D eigenvalue weighted by atomic mass is 79.9. The largest absolute Gasteiger partial charge is 0.257 e. The summed E-state index contributed by atoms with van der Waals surface area (Å²) in [5.41, 5.74) is 4.49. The first-order valence-corrected chi connectivity index (χ1v) is 9.31. The second-order valence-electron chi connectivity index (χ2n) is 6.01. The Kier molecular flexibility index (Phi) is 4.60. The van der Waals surface area contributed by atoms with E-state index < -0.39 is 0 Å². The van der Waals surface area contributed by atoms with Gasteiger partial charge in [-0.15, -0.1) is 0 Å². The Balaban J connectivity index is 1.76. The van der Waals surface area contributed by atoms with Crippen molar-refractivity contribution >= 4 is 38.9 Å². The number of hydrogen-bond acceptors (Lipinski definition) is 2. The Labute approximate surface area is 160 Å². The zero-order chi connectivity index (χ0) is 17.2. The Morgan fingerprint density at radius 2 is 1.68 bits per heavy atom. The van der Waals surface area contributed by atoms with Crippen LogP contribution in [0.5, 0.6) is 0 Å². The summed E-state index contributed by atoms with van der Waals surface area (Å²) >= 11 is 9.72. The van der Waals surface area contributed by atoms with E-state index in [0.717, 1.165) is 32.9 Å². The Morgan fingerprint density at radius 1 is 0.920 bits per heavy atom. The van der Waals surface area contributed by atoms with Crippen LogP contribution >= 0.6 is 27.5 Å². The van der Waals surface area contributed by atoms with Crippen LogP contribution in [0.1, 0.15) is 23.6 Å². The monoisotopic (exact) mass is 410 g/mol. The third-order valence-corrected chi connectivity index (χ3v) is 5.11. The lowest BCUT2D eigenvalue weighted by Crippen LogP contribution is -2.18. The lowest BCUT2D eigenvalue weighted by molar-refractivity contribution is 0.709. The molecule has 0 N–H and O–H groups in total. The summed E-state index contributed by atoms with van der Waals surface area (Å²) in [7, 11) is 0. The Hall–Kier alpha value is -2.10. The van der Waals surface area contributed by atoms with Gasteiger partial charge >= 0.3 is 0 Å². The fourth-order valence-electron chi connectivity index (χ4n) is 3.12. The van der Waals surface area contributed by atoms with Crippen molar-refractivity contribution < 1.29 is 0 Å². The van der Waals surface area contributed by atoms with Gasteiger partial charge in [0.1, 0.15) is 0 Å². The van der Waals surface area contributed by atoms with E-state index in [1.165, 1.54) is 5.56 Å². The molecule has 0 radical (unpaired) electrons. The normalized spacial score (nSPS) is 16.8. The van der Waals surface area contributed by atoms with Gasteiger partial charge in [0.25, 0.3) is 0 Å². The van der Waals surface area contributed by atoms with Gasteiger partial charge in [0.2, 0.25) is 0 Å². The van der Waals surface area contributed by atoms with Crippen LogP contribution in [0.4, 0.5) is 5.69 Å². The first-order valence-electron chi connectivity index (χ1n) is 8.14. The Morgan fingerprint density at radius 3 is 2.40 bits per heavy atom. The molecule has 1 atom stereocenters. The number of nitrogens with zero attached hydrogens (tertiary/aromatic N) is 2. The number of anilines is 1. The van der Waals surface area contributed by atoms with E-state index >= 15 is 0 Å². The molecule has 124 valence electrons. The van der Waals surface area contributed by atoms with Gasteiger partial charge in [-0.2, -0.15) is 5.10 Å². The van der Waals surface area contributed by atoms with E-state index in [2.05, 4.69) is 75.5 Å². The average Bonchev–Trinajstić information content (AvgIpc) is 3.08. The first-order chi connectivity index (χ1) is 12.2. The number of rotatable bonds is 3. The summed E-state index contributed by atoms with van der Waals surface area (Å²) < 4.78 is 1.08. The lowest BCUT2D eigenvalue weighted by Gasteiger charge is -2.24. The van der Waals surface area contributed by atoms with Gasteiger partial charge in [0.15, 0.2) is 0 Å². The van der Waals surface area contributed by atoms with Gasteiger partial charge < -0.3 is 0 Å². The summed E-state index contributed by atoms with van der Waals surface area (Å²) in [6, 6.07) is 26.8. The maximum absolute atomic E-state index is 6.21. The molecule has 0 amide bonds. The third kappa shape index (κ3) is 3.48.